The lowest BCUT2D eigenvalue weighted by atomic mass is 10.1. The van der Waals surface area contributed by atoms with Crippen LogP contribution in [0.15, 0.2) is 24.3 Å². The van der Waals surface area contributed by atoms with Crippen molar-refractivity contribution in [2.75, 3.05) is 16.8 Å². The Bertz CT molecular complexity index is 1040. The van der Waals surface area contributed by atoms with Crippen molar-refractivity contribution in [3.05, 3.63) is 45.8 Å². The van der Waals surface area contributed by atoms with Crippen molar-refractivity contribution in [2.45, 2.75) is 33.6 Å². The minimum Gasteiger partial charge on any atom is -0.462 e. The number of hydrogen-bond acceptors (Lipinski definition) is 7. The smallest absolute Gasteiger partial charge is 0.341 e. The number of benzene rings is 1. The summed E-state index contributed by atoms with van der Waals surface area (Å²) in [5.41, 5.74) is 1.29. The normalized spacial score (nSPS) is 13.5. The predicted molar refractivity (Wildman–Crippen MR) is 111 cm³/mol. The molecule has 156 valence electrons. The lowest BCUT2D eigenvalue weighted by Crippen LogP contribution is -2.28. The van der Waals surface area contributed by atoms with Gasteiger partial charge in [-0.3, -0.25) is 24.1 Å². The van der Waals surface area contributed by atoms with Gasteiger partial charge in [-0.1, -0.05) is 0 Å². The van der Waals surface area contributed by atoms with Crippen LogP contribution < -0.4 is 10.2 Å². The van der Waals surface area contributed by atoms with Crippen LogP contribution in [-0.4, -0.2) is 36.1 Å². The minimum absolute atomic E-state index is 0.158. The van der Waals surface area contributed by atoms with Crippen LogP contribution in [0.4, 0.5) is 10.7 Å². The predicted octanol–water partition coefficient (Wildman–Crippen LogP) is 3.34. The molecule has 0 bridgehead atoms. The molecule has 0 radical (unpaired) electrons. The first-order chi connectivity index (χ1) is 14.2. The number of Topliss-reactive ketones (excluding diaryl/α,β-unsaturated/α-hetero) is 1. The van der Waals surface area contributed by atoms with Gasteiger partial charge in [0.25, 0.3) is 5.91 Å². The summed E-state index contributed by atoms with van der Waals surface area (Å²) in [5.74, 6) is -1.88. The van der Waals surface area contributed by atoms with E-state index in [1.165, 1.54) is 31.2 Å². The van der Waals surface area contributed by atoms with Gasteiger partial charge in [0, 0.05) is 18.4 Å². The molecule has 1 aliphatic heterocycles. The number of ether oxygens (including phenoxy) is 1. The second-order valence-corrected chi connectivity index (χ2v) is 7.68. The molecule has 1 saturated heterocycles. The Morgan fingerprint density at radius 3 is 2.23 bits per heavy atom. The number of esters is 1. The molecule has 0 atom stereocenters. The molecule has 9 heteroatoms. The maximum absolute atomic E-state index is 12.7. The summed E-state index contributed by atoms with van der Waals surface area (Å²) in [6.07, 6.45) is 0.349. The molecule has 1 fully saturated rings. The molecule has 8 nitrogen and oxygen atoms in total. The fraction of sp³-hybridized carbons (Fsp3) is 0.286. The molecule has 1 aromatic carbocycles. The molecular formula is C21H20N2O6S. The monoisotopic (exact) mass is 428 g/mol. The van der Waals surface area contributed by atoms with Crippen LogP contribution in [0.25, 0.3) is 0 Å². The molecule has 30 heavy (non-hydrogen) atoms. The number of thiophene rings is 1. The zero-order valence-corrected chi connectivity index (χ0v) is 17.6. The summed E-state index contributed by atoms with van der Waals surface area (Å²) < 4.78 is 5.06. The first-order valence-electron chi connectivity index (χ1n) is 9.33. The number of anilines is 2. The summed E-state index contributed by atoms with van der Waals surface area (Å²) >= 11 is 1.02. The number of hydrogen-bond donors (Lipinski definition) is 1. The Morgan fingerprint density at radius 2 is 1.70 bits per heavy atom. The van der Waals surface area contributed by atoms with Gasteiger partial charge in [0.1, 0.15) is 5.00 Å². The Balaban J connectivity index is 1.86. The van der Waals surface area contributed by atoms with E-state index in [9.17, 15) is 24.0 Å². The summed E-state index contributed by atoms with van der Waals surface area (Å²) in [4.78, 5) is 62.1. The number of rotatable bonds is 6. The first kappa shape index (κ1) is 21.4. The highest BCUT2D eigenvalue weighted by atomic mass is 32.1. The topological polar surface area (TPSA) is 110 Å². The number of carbonyl (C=O) groups excluding carboxylic acids is 5. The van der Waals surface area contributed by atoms with Gasteiger partial charge in [0.2, 0.25) is 11.8 Å². The standard InChI is InChI=1S/C21H20N2O6S/c1-4-29-21(28)17-11(2)18(12(3)24)30-20(17)22-19(27)13-5-7-14(8-6-13)23-15(25)9-10-16(23)26/h5-8H,4,9-10H2,1-3H3,(H,22,27). The van der Waals surface area contributed by atoms with Crippen molar-refractivity contribution in [1.29, 1.82) is 0 Å². The molecule has 2 heterocycles. The Morgan fingerprint density at radius 1 is 1.10 bits per heavy atom. The summed E-state index contributed by atoms with van der Waals surface area (Å²) in [5, 5.41) is 2.90. The van der Waals surface area contributed by atoms with Gasteiger partial charge in [-0.2, -0.15) is 0 Å². The van der Waals surface area contributed by atoms with E-state index in [1.807, 2.05) is 0 Å². The summed E-state index contributed by atoms with van der Waals surface area (Å²) in [6.45, 7) is 4.85. The molecule has 3 amide bonds. The van der Waals surface area contributed by atoms with Crippen molar-refractivity contribution in [2.24, 2.45) is 0 Å². The third-order valence-corrected chi connectivity index (χ3v) is 5.92. The van der Waals surface area contributed by atoms with E-state index in [1.54, 1.807) is 13.8 Å². The molecular weight excluding hydrogens is 408 g/mol. The lowest BCUT2D eigenvalue weighted by molar-refractivity contribution is -0.121. The Kier molecular flexibility index (Phi) is 6.12. The fourth-order valence-corrected chi connectivity index (χ4v) is 4.27. The third-order valence-electron chi connectivity index (χ3n) is 4.61. The highest BCUT2D eigenvalue weighted by molar-refractivity contribution is 7.18. The molecule has 1 N–H and O–H groups in total. The summed E-state index contributed by atoms with van der Waals surface area (Å²) in [7, 11) is 0. The molecule has 0 saturated carbocycles. The van der Waals surface area contributed by atoms with Gasteiger partial charge in [-0.25, -0.2) is 4.79 Å². The SMILES string of the molecule is CCOC(=O)c1c(NC(=O)c2ccc(N3C(=O)CCC3=O)cc2)sc(C(C)=O)c1C. The molecule has 2 aromatic rings. The van der Waals surface area contributed by atoms with E-state index in [0.29, 0.717) is 16.1 Å². The molecule has 0 spiro atoms. The number of nitrogens with zero attached hydrogens (tertiary/aromatic N) is 1. The summed E-state index contributed by atoms with van der Waals surface area (Å²) in [6, 6.07) is 6.01. The molecule has 1 aromatic heterocycles. The average molecular weight is 428 g/mol. The largest absolute Gasteiger partial charge is 0.462 e. The van der Waals surface area contributed by atoms with E-state index < -0.39 is 11.9 Å². The van der Waals surface area contributed by atoms with Crippen molar-refractivity contribution in [3.63, 3.8) is 0 Å². The number of nitrogens with one attached hydrogen (secondary N) is 1. The quantitative estimate of drug-likeness (QED) is 0.429. The van der Waals surface area contributed by atoms with Crippen LogP contribution in [-0.2, 0) is 14.3 Å². The van der Waals surface area contributed by atoms with Crippen molar-refractivity contribution < 1.29 is 28.7 Å². The highest BCUT2D eigenvalue weighted by Crippen LogP contribution is 2.34. The van der Waals surface area contributed by atoms with E-state index in [2.05, 4.69) is 5.32 Å². The maximum Gasteiger partial charge on any atom is 0.341 e. The first-order valence-corrected chi connectivity index (χ1v) is 10.1. The number of imide groups is 1. The van der Waals surface area contributed by atoms with Gasteiger partial charge in [0.15, 0.2) is 5.78 Å². The molecule has 1 aliphatic rings. The molecule has 3 rings (SSSR count). The van der Waals surface area contributed by atoms with Crippen LogP contribution in [0.3, 0.4) is 0 Å². The molecule has 0 aliphatic carbocycles. The Labute approximate surface area is 176 Å². The number of ketones is 1. The van der Waals surface area contributed by atoms with Crippen LogP contribution in [0.5, 0.6) is 0 Å². The third kappa shape index (κ3) is 4.02. The Hall–Kier alpha value is -3.33. The van der Waals surface area contributed by atoms with Crippen molar-refractivity contribution in [1.82, 2.24) is 0 Å². The van der Waals surface area contributed by atoms with Gasteiger partial charge < -0.3 is 10.1 Å². The van der Waals surface area contributed by atoms with Gasteiger partial charge in [-0.15, -0.1) is 11.3 Å². The minimum atomic E-state index is -0.615. The second-order valence-electron chi connectivity index (χ2n) is 6.66. The van der Waals surface area contributed by atoms with Crippen LogP contribution in [0.1, 0.15) is 62.6 Å². The molecule has 0 unspecified atom stereocenters. The number of amides is 3. The van der Waals surface area contributed by atoms with E-state index in [0.717, 1.165) is 16.2 Å². The zero-order chi connectivity index (χ0) is 22.0. The van der Waals surface area contributed by atoms with Crippen molar-refractivity contribution in [3.8, 4) is 0 Å². The van der Waals surface area contributed by atoms with Crippen molar-refractivity contribution >= 4 is 51.5 Å². The second kappa shape index (κ2) is 8.58. The van der Waals surface area contributed by atoms with Gasteiger partial charge in [0.05, 0.1) is 22.7 Å². The van der Waals surface area contributed by atoms with Crippen LogP contribution >= 0.6 is 11.3 Å². The average Bonchev–Trinajstić information content (AvgIpc) is 3.21. The van der Waals surface area contributed by atoms with Crippen LogP contribution in [0, 0.1) is 6.92 Å². The van der Waals surface area contributed by atoms with Gasteiger partial charge in [-0.05, 0) is 50.6 Å². The van der Waals surface area contributed by atoms with E-state index >= 15 is 0 Å². The zero-order valence-electron chi connectivity index (χ0n) is 16.7. The van der Waals surface area contributed by atoms with E-state index in [-0.39, 0.29) is 53.2 Å². The maximum atomic E-state index is 12.7. The number of carbonyl (C=O) groups is 5. The highest BCUT2D eigenvalue weighted by Gasteiger charge is 2.30. The van der Waals surface area contributed by atoms with Crippen LogP contribution in [0.2, 0.25) is 0 Å². The fourth-order valence-electron chi connectivity index (χ4n) is 3.19. The lowest BCUT2D eigenvalue weighted by Gasteiger charge is -2.14. The van der Waals surface area contributed by atoms with Gasteiger partial charge >= 0.3 is 5.97 Å². The van der Waals surface area contributed by atoms with E-state index in [4.69, 9.17) is 4.74 Å².